The smallest absolute Gasteiger partial charge is 0.235 e. The molecule has 0 aliphatic carbocycles. The van der Waals surface area contributed by atoms with Crippen molar-refractivity contribution in [2.75, 3.05) is 0 Å². The first kappa shape index (κ1) is 38.8. The lowest BCUT2D eigenvalue weighted by atomic mass is 9.90. The minimum atomic E-state index is 0.623. The fourth-order valence-electron chi connectivity index (χ4n) is 10.7. The van der Waals surface area contributed by atoms with Gasteiger partial charge in [0.15, 0.2) is 0 Å². The number of fused-ring (bicyclic) bond motifs is 9. The molecule has 0 N–H and O–H groups in total. The third kappa shape index (κ3) is 6.16. The summed E-state index contributed by atoms with van der Waals surface area (Å²) < 4.78 is 6.98. The van der Waals surface area contributed by atoms with Gasteiger partial charge in [-0.05, 0) is 101 Å². The van der Waals surface area contributed by atoms with Crippen molar-refractivity contribution in [2.24, 2.45) is 0 Å². The lowest BCUT2D eigenvalue weighted by Crippen LogP contribution is -2.04. The van der Waals surface area contributed by atoms with Crippen molar-refractivity contribution >= 4 is 65.5 Å². The van der Waals surface area contributed by atoms with Crippen LogP contribution in [-0.4, -0.2) is 28.7 Å². The van der Waals surface area contributed by atoms with Gasteiger partial charge in [0.1, 0.15) is 0 Å². The number of benzene rings is 9. The van der Waals surface area contributed by atoms with Gasteiger partial charge in [0, 0.05) is 55.6 Å². The summed E-state index contributed by atoms with van der Waals surface area (Å²) in [5.74, 6) is 0.623. The van der Waals surface area contributed by atoms with E-state index in [-0.39, 0.29) is 0 Å². The summed E-state index contributed by atoms with van der Waals surface area (Å²) in [6.45, 7) is 0. The molecule has 0 atom stereocenters. The van der Waals surface area contributed by atoms with Crippen molar-refractivity contribution in [1.82, 2.24) is 28.7 Å². The zero-order valence-corrected chi connectivity index (χ0v) is 37.3. The molecule has 0 bridgehead atoms. The monoisotopic (exact) mass is 880 g/mol. The molecule has 5 heterocycles. The molecule has 69 heavy (non-hydrogen) atoms. The number of aromatic nitrogens is 6. The number of rotatable bonds is 7. The van der Waals surface area contributed by atoms with Crippen LogP contribution in [0.25, 0.3) is 128 Å². The quantitative estimate of drug-likeness (QED) is 0.160. The number of para-hydroxylation sites is 3. The predicted molar refractivity (Wildman–Crippen MR) is 285 cm³/mol. The average Bonchev–Trinajstić information content (AvgIpc) is 4.07. The Morgan fingerprint density at radius 1 is 0.304 bits per heavy atom. The standard InChI is InChI=1S/C63H40N6/c1-5-18-41(19-6-1)47-33-36-58-61(49-27-14-16-29-55(49)69(58)63-65-52(42-20-7-2-8-21-42)40-53(66-63)43-22-9-3-10-23-43)60(47)44-31-34-56-50(38-44)48-26-13-15-28-54(48)68(56)46-32-35-57-51(39-46)62-59(30-17-37-64-62)67(57)45-24-11-4-12-25-45/h1-40H. The van der Waals surface area contributed by atoms with Crippen LogP contribution in [-0.2, 0) is 0 Å². The zero-order chi connectivity index (χ0) is 45.4. The normalized spacial score (nSPS) is 11.8. The highest BCUT2D eigenvalue weighted by Gasteiger charge is 2.24. The molecule has 0 saturated carbocycles. The van der Waals surface area contributed by atoms with E-state index in [1.54, 1.807) is 0 Å². The number of hydrogen-bond acceptors (Lipinski definition) is 3. The molecule has 0 aliphatic rings. The Morgan fingerprint density at radius 3 is 1.55 bits per heavy atom. The highest BCUT2D eigenvalue weighted by atomic mass is 15.2. The predicted octanol–water partition coefficient (Wildman–Crippen LogP) is 15.8. The van der Waals surface area contributed by atoms with Gasteiger partial charge in [0.2, 0.25) is 5.95 Å². The lowest BCUT2D eigenvalue weighted by molar-refractivity contribution is 0.996. The van der Waals surface area contributed by atoms with Crippen LogP contribution in [0.15, 0.2) is 243 Å². The molecule has 14 aromatic rings. The van der Waals surface area contributed by atoms with Crippen LogP contribution in [0.4, 0.5) is 0 Å². The summed E-state index contributed by atoms with van der Waals surface area (Å²) in [7, 11) is 0. The first-order valence-corrected chi connectivity index (χ1v) is 23.4. The molecule has 0 saturated heterocycles. The molecule has 6 heteroatoms. The van der Waals surface area contributed by atoms with Gasteiger partial charge in [-0.1, -0.05) is 158 Å². The molecular formula is C63H40N6. The summed E-state index contributed by atoms with van der Waals surface area (Å²) in [6.07, 6.45) is 1.89. The second-order valence-corrected chi connectivity index (χ2v) is 17.6. The highest BCUT2D eigenvalue weighted by molar-refractivity contribution is 6.20. The van der Waals surface area contributed by atoms with Gasteiger partial charge in [0.25, 0.3) is 0 Å². The van der Waals surface area contributed by atoms with E-state index < -0.39 is 0 Å². The largest absolute Gasteiger partial charge is 0.309 e. The number of hydrogen-bond donors (Lipinski definition) is 0. The van der Waals surface area contributed by atoms with Crippen molar-refractivity contribution < 1.29 is 0 Å². The maximum absolute atomic E-state index is 5.36. The van der Waals surface area contributed by atoms with Crippen molar-refractivity contribution in [2.45, 2.75) is 0 Å². The molecule has 0 aliphatic heterocycles. The first-order valence-electron chi connectivity index (χ1n) is 23.4. The van der Waals surface area contributed by atoms with E-state index in [0.717, 1.165) is 111 Å². The Balaban J connectivity index is 1.02. The second-order valence-electron chi connectivity index (χ2n) is 17.6. The first-order chi connectivity index (χ1) is 34.2. The fourth-order valence-corrected chi connectivity index (χ4v) is 10.7. The number of pyridine rings is 1. The van der Waals surface area contributed by atoms with Gasteiger partial charge in [0.05, 0.1) is 50.0 Å². The van der Waals surface area contributed by atoms with Crippen molar-refractivity contribution in [3.05, 3.63) is 243 Å². The van der Waals surface area contributed by atoms with Gasteiger partial charge in [-0.3, -0.25) is 9.55 Å². The average molecular weight is 881 g/mol. The number of nitrogens with zero attached hydrogens (tertiary/aromatic N) is 6. The molecule has 0 spiro atoms. The molecule has 6 nitrogen and oxygen atoms in total. The zero-order valence-electron chi connectivity index (χ0n) is 37.3. The van der Waals surface area contributed by atoms with Crippen LogP contribution in [0, 0.1) is 0 Å². The minimum Gasteiger partial charge on any atom is -0.309 e. The van der Waals surface area contributed by atoms with Gasteiger partial charge in [-0.15, -0.1) is 0 Å². The third-order valence-corrected chi connectivity index (χ3v) is 13.7. The van der Waals surface area contributed by atoms with Crippen LogP contribution in [0.2, 0.25) is 0 Å². The second kappa shape index (κ2) is 15.6. The van der Waals surface area contributed by atoms with E-state index in [1.807, 2.05) is 24.4 Å². The summed E-state index contributed by atoms with van der Waals surface area (Å²) in [4.78, 5) is 15.7. The summed E-state index contributed by atoms with van der Waals surface area (Å²) in [5, 5.41) is 5.76. The highest BCUT2D eigenvalue weighted by Crippen LogP contribution is 2.46. The Kier molecular flexibility index (Phi) is 8.79. The van der Waals surface area contributed by atoms with Crippen LogP contribution >= 0.6 is 0 Å². The van der Waals surface area contributed by atoms with E-state index in [1.165, 1.54) is 10.8 Å². The van der Waals surface area contributed by atoms with Gasteiger partial charge in [-0.25, -0.2) is 9.97 Å². The SMILES string of the molecule is c1ccc(-c2cc(-c3ccccc3)nc(-n3c4ccccc4c4c(-c5ccc6c(c5)c5ccccc5n6-c5ccc6c(c5)c5ncccc5n6-c5ccccc5)c(-c5ccccc5)ccc43)n2)cc1. The van der Waals surface area contributed by atoms with Crippen molar-refractivity contribution in [3.63, 3.8) is 0 Å². The molecule has 5 aromatic heterocycles. The summed E-state index contributed by atoms with van der Waals surface area (Å²) in [5.41, 5.74) is 18.1. The Bertz CT molecular complexity index is 4230. The Labute approximate surface area is 397 Å². The van der Waals surface area contributed by atoms with Crippen molar-refractivity contribution in [3.8, 4) is 62.1 Å². The van der Waals surface area contributed by atoms with Gasteiger partial charge >= 0.3 is 0 Å². The molecule has 0 radical (unpaired) electrons. The van der Waals surface area contributed by atoms with Gasteiger partial charge < -0.3 is 9.13 Å². The molecule has 9 aromatic carbocycles. The molecule has 0 unspecified atom stereocenters. The van der Waals surface area contributed by atoms with Crippen LogP contribution in [0.5, 0.6) is 0 Å². The minimum absolute atomic E-state index is 0.623. The van der Waals surface area contributed by atoms with Crippen LogP contribution < -0.4 is 0 Å². The summed E-state index contributed by atoms with van der Waals surface area (Å²) in [6, 6.07) is 84.3. The van der Waals surface area contributed by atoms with E-state index in [2.05, 4.69) is 232 Å². The van der Waals surface area contributed by atoms with Gasteiger partial charge in [-0.2, -0.15) is 0 Å². The van der Waals surface area contributed by atoms with E-state index in [4.69, 9.17) is 15.0 Å². The molecule has 0 amide bonds. The molecule has 0 fully saturated rings. The molecule has 14 rings (SSSR count). The summed E-state index contributed by atoms with van der Waals surface area (Å²) >= 11 is 0. The Hall–Kier alpha value is -9.39. The maximum Gasteiger partial charge on any atom is 0.235 e. The maximum atomic E-state index is 5.36. The topological polar surface area (TPSA) is 53.5 Å². The fraction of sp³-hybridized carbons (Fsp3) is 0. The van der Waals surface area contributed by atoms with Crippen LogP contribution in [0.3, 0.4) is 0 Å². The lowest BCUT2D eigenvalue weighted by Gasteiger charge is -2.15. The Morgan fingerprint density at radius 2 is 0.841 bits per heavy atom. The van der Waals surface area contributed by atoms with E-state index in [9.17, 15) is 0 Å². The third-order valence-electron chi connectivity index (χ3n) is 13.7. The van der Waals surface area contributed by atoms with Crippen LogP contribution in [0.1, 0.15) is 0 Å². The van der Waals surface area contributed by atoms with E-state index in [0.29, 0.717) is 5.95 Å². The molecule has 322 valence electrons. The van der Waals surface area contributed by atoms with Crippen molar-refractivity contribution in [1.29, 1.82) is 0 Å². The van der Waals surface area contributed by atoms with E-state index >= 15 is 0 Å². The molecular weight excluding hydrogens is 841 g/mol.